The molecule has 1 spiro atoms. The van der Waals surface area contributed by atoms with E-state index in [4.69, 9.17) is 4.74 Å². The highest BCUT2D eigenvalue weighted by molar-refractivity contribution is 5.85. The molecule has 0 radical (unpaired) electrons. The first-order valence-corrected chi connectivity index (χ1v) is 8.22. The van der Waals surface area contributed by atoms with Crippen LogP contribution in [0.3, 0.4) is 0 Å². The number of hydrogen-bond acceptors (Lipinski definition) is 5. The van der Waals surface area contributed by atoms with Gasteiger partial charge in [0.05, 0.1) is 25.5 Å². The Labute approximate surface area is 138 Å². The first kappa shape index (κ1) is 15.3. The molecule has 128 valence electrons. The highest BCUT2D eigenvalue weighted by Crippen LogP contribution is 2.45. The summed E-state index contributed by atoms with van der Waals surface area (Å²) < 4.78 is 5.88. The number of rotatable bonds is 2. The molecule has 4 rings (SSSR count). The molecule has 0 bridgehead atoms. The monoisotopic (exact) mass is 332 g/mol. The molecule has 0 saturated carbocycles. The maximum absolute atomic E-state index is 12.8. The molecule has 3 aliphatic heterocycles. The topological polar surface area (TPSA) is 95.6 Å². The van der Waals surface area contributed by atoms with Gasteiger partial charge in [0.25, 0.3) is 5.56 Å². The zero-order chi connectivity index (χ0) is 17.1. The lowest BCUT2D eigenvalue weighted by atomic mass is 10.1. The van der Waals surface area contributed by atoms with Crippen LogP contribution in [0.2, 0.25) is 0 Å². The number of ether oxygens (including phenoxy) is 1. The second-order valence-corrected chi connectivity index (χ2v) is 6.69. The van der Waals surface area contributed by atoms with E-state index in [1.807, 2.05) is 0 Å². The third kappa shape index (κ3) is 2.02. The smallest absolute Gasteiger partial charge is 0.254 e. The highest BCUT2D eigenvalue weighted by atomic mass is 16.5. The Morgan fingerprint density at radius 3 is 2.92 bits per heavy atom. The summed E-state index contributed by atoms with van der Waals surface area (Å²) >= 11 is 0. The van der Waals surface area contributed by atoms with Gasteiger partial charge in [0, 0.05) is 30.8 Å². The van der Waals surface area contributed by atoms with Gasteiger partial charge in [-0.25, -0.2) is 4.98 Å². The van der Waals surface area contributed by atoms with E-state index in [1.54, 1.807) is 23.6 Å². The van der Waals surface area contributed by atoms with Gasteiger partial charge in [0.15, 0.2) is 5.72 Å². The maximum atomic E-state index is 12.8. The average Bonchev–Trinajstić information content (AvgIpc) is 3.14. The van der Waals surface area contributed by atoms with Crippen LogP contribution in [0.4, 0.5) is 0 Å². The number of carbonyl (C=O) groups is 2. The Morgan fingerprint density at radius 2 is 2.17 bits per heavy atom. The minimum Gasteiger partial charge on any atom is -0.351 e. The lowest BCUT2D eigenvalue weighted by Gasteiger charge is -2.31. The fourth-order valence-corrected chi connectivity index (χ4v) is 4.30. The van der Waals surface area contributed by atoms with E-state index in [0.717, 1.165) is 0 Å². The number of aromatic nitrogens is 2. The number of nitrogens with one attached hydrogen (secondary N) is 1. The van der Waals surface area contributed by atoms with E-state index in [0.29, 0.717) is 49.6 Å². The van der Waals surface area contributed by atoms with Crippen molar-refractivity contribution in [1.82, 2.24) is 19.8 Å². The summed E-state index contributed by atoms with van der Waals surface area (Å²) in [5.74, 6) is 0.424. The van der Waals surface area contributed by atoms with Gasteiger partial charge in [-0.05, 0) is 13.8 Å². The molecule has 3 aliphatic rings. The fourth-order valence-electron chi connectivity index (χ4n) is 4.30. The van der Waals surface area contributed by atoms with E-state index < -0.39 is 5.72 Å². The molecule has 0 unspecified atom stereocenters. The summed E-state index contributed by atoms with van der Waals surface area (Å²) in [6, 6.07) is -0.252. The van der Waals surface area contributed by atoms with Gasteiger partial charge in [-0.2, -0.15) is 0 Å². The molecule has 1 aromatic rings. The van der Waals surface area contributed by atoms with E-state index >= 15 is 0 Å². The second kappa shape index (κ2) is 5.14. The third-order valence-electron chi connectivity index (χ3n) is 5.39. The van der Waals surface area contributed by atoms with E-state index in [9.17, 15) is 14.4 Å². The average molecular weight is 332 g/mol. The summed E-state index contributed by atoms with van der Waals surface area (Å²) in [7, 11) is 0. The van der Waals surface area contributed by atoms with Gasteiger partial charge in [-0.15, -0.1) is 0 Å². The Kier molecular flexibility index (Phi) is 3.28. The fraction of sp³-hybridized carbons (Fsp3) is 0.625. The third-order valence-corrected chi connectivity index (χ3v) is 5.39. The van der Waals surface area contributed by atoms with Gasteiger partial charge >= 0.3 is 0 Å². The molecule has 2 atom stereocenters. The van der Waals surface area contributed by atoms with Crippen molar-refractivity contribution in [2.75, 3.05) is 19.7 Å². The number of aryl methyl sites for hydroxylation is 2. The molecular weight excluding hydrogens is 312 g/mol. The van der Waals surface area contributed by atoms with Crippen molar-refractivity contribution in [3.63, 3.8) is 0 Å². The lowest BCUT2D eigenvalue weighted by Crippen LogP contribution is -2.49. The Morgan fingerprint density at radius 1 is 1.38 bits per heavy atom. The quantitative estimate of drug-likeness (QED) is 0.787. The van der Waals surface area contributed by atoms with Crippen LogP contribution in [-0.2, 0) is 20.7 Å². The molecule has 1 N–H and O–H groups in total. The zero-order valence-electron chi connectivity index (χ0n) is 13.8. The van der Waals surface area contributed by atoms with E-state index in [1.165, 1.54) is 0 Å². The summed E-state index contributed by atoms with van der Waals surface area (Å²) in [6.07, 6.45) is 0.930. The molecule has 3 saturated heterocycles. The molecule has 2 amide bonds. The molecule has 0 aromatic carbocycles. The van der Waals surface area contributed by atoms with Gasteiger partial charge < -0.3 is 19.5 Å². The van der Waals surface area contributed by atoms with Crippen molar-refractivity contribution in [3.05, 3.63) is 27.4 Å². The van der Waals surface area contributed by atoms with Crippen LogP contribution in [-0.4, -0.2) is 63.0 Å². The summed E-state index contributed by atoms with van der Waals surface area (Å²) in [6.45, 7) is 5.10. The maximum Gasteiger partial charge on any atom is 0.254 e. The van der Waals surface area contributed by atoms with Gasteiger partial charge in [-0.3, -0.25) is 14.4 Å². The molecule has 1 aromatic heterocycles. The minimum atomic E-state index is -0.639. The van der Waals surface area contributed by atoms with E-state index in [2.05, 4.69) is 9.97 Å². The number of amides is 2. The summed E-state index contributed by atoms with van der Waals surface area (Å²) in [5, 5.41) is 0. The van der Waals surface area contributed by atoms with Gasteiger partial charge in [0.1, 0.15) is 5.82 Å². The van der Waals surface area contributed by atoms with Crippen molar-refractivity contribution in [1.29, 1.82) is 0 Å². The highest BCUT2D eigenvalue weighted by Gasteiger charge is 2.62. The zero-order valence-corrected chi connectivity index (χ0v) is 13.8. The molecular formula is C16H20N4O4. The lowest BCUT2D eigenvalue weighted by molar-refractivity contribution is -0.139. The van der Waals surface area contributed by atoms with Crippen LogP contribution in [0.1, 0.15) is 29.9 Å². The van der Waals surface area contributed by atoms with Crippen LogP contribution in [0.25, 0.3) is 0 Å². The molecule has 24 heavy (non-hydrogen) atoms. The molecule has 8 heteroatoms. The van der Waals surface area contributed by atoms with E-state index in [-0.39, 0.29) is 29.8 Å². The Balaban J connectivity index is 1.59. The molecule has 0 aliphatic carbocycles. The van der Waals surface area contributed by atoms with Gasteiger partial charge in [0.2, 0.25) is 11.8 Å². The largest absolute Gasteiger partial charge is 0.351 e. The first-order valence-electron chi connectivity index (χ1n) is 8.22. The SMILES string of the molecule is Cc1nc(C)c(CC(=O)N2CC[C@@]34OCCN3C(=O)C[C@@H]24)c(=O)[nH]1. The molecule has 4 heterocycles. The van der Waals surface area contributed by atoms with Crippen molar-refractivity contribution in [2.45, 2.75) is 44.9 Å². The van der Waals surface area contributed by atoms with Crippen molar-refractivity contribution >= 4 is 11.8 Å². The first-order chi connectivity index (χ1) is 11.4. The second-order valence-electron chi connectivity index (χ2n) is 6.69. The minimum absolute atomic E-state index is 0.00474. The predicted octanol–water partition coefficient (Wildman–Crippen LogP) is -0.511. The van der Waals surface area contributed by atoms with Gasteiger partial charge in [-0.1, -0.05) is 0 Å². The summed E-state index contributed by atoms with van der Waals surface area (Å²) in [5.41, 5.74) is 0.0445. The predicted molar refractivity (Wildman–Crippen MR) is 83.2 cm³/mol. The number of H-pyrrole nitrogens is 1. The van der Waals surface area contributed by atoms with Crippen LogP contribution in [0, 0.1) is 13.8 Å². The van der Waals surface area contributed by atoms with Crippen molar-refractivity contribution < 1.29 is 14.3 Å². The van der Waals surface area contributed by atoms with Crippen LogP contribution in [0.15, 0.2) is 4.79 Å². The van der Waals surface area contributed by atoms with Crippen molar-refractivity contribution in [2.24, 2.45) is 0 Å². The molecule has 8 nitrogen and oxygen atoms in total. The summed E-state index contributed by atoms with van der Waals surface area (Å²) in [4.78, 5) is 47.5. The Bertz CT molecular complexity index is 789. The standard InChI is InChI=1S/C16H20N4O4/c1-9-11(15(23)18-10(2)17-9)7-13(21)19-4-3-16-12(19)8-14(22)20(16)5-6-24-16/h12H,3-8H2,1-2H3,(H,17,18,23)/t12-,16+/m1/s1. The Hall–Kier alpha value is -2.22. The number of nitrogens with zero attached hydrogens (tertiary/aromatic N) is 3. The number of carbonyl (C=O) groups excluding carboxylic acids is 2. The number of likely N-dealkylation sites (tertiary alicyclic amines) is 1. The van der Waals surface area contributed by atoms with Crippen molar-refractivity contribution in [3.8, 4) is 0 Å². The van der Waals surface area contributed by atoms with Crippen LogP contribution >= 0.6 is 0 Å². The van der Waals surface area contributed by atoms with Crippen LogP contribution < -0.4 is 5.56 Å². The number of aromatic amines is 1. The number of hydrogen-bond donors (Lipinski definition) is 1. The van der Waals surface area contributed by atoms with Crippen LogP contribution in [0.5, 0.6) is 0 Å². The normalized spacial score (nSPS) is 28.4. The molecule has 3 fully saturated rings.